The number of pyridine rings is 1. The summed E-state index contributed by atoms with van der Waals surface area (Å²) in [6.07, 6.45) is 7.92. The van der Waals surface area contributed by atoms with Crippen LogP contribution in [-0.4, -0.2) is 75.7 Å². The summed E-state index contributed by atoms with van der Waals surface area (Å²) in [7, 11) is 4.07. The molecule has 2 aliphatic rings. The SMILES string of the molecule is CN(C)CC1COC2(CCCC2)CN1C(=O)c1ccc2nncn2c1. The van der Waals surface area contributed by atoms with Crippen LogP contribution >= 0.6 is 0 Å². The van der Waals surface area contributed by atoms with Crippen LogP contribution < -0.4 is 0 Å². The lowest BCUT2D eigenvalue weighted by Crippen LogP contribution is -2.59. The molecule has 7 heteroatoms. The van der Waals surface area contributed by atoms with Gasteiger partial charge in [0.2, 0.25) is 0 Å². The van der Waals surface area contributed by atoms with E-state index >= 15 is 0 Å². The lowest BCUT2D eigenvalue weighted by molar-refractivity contribution is -0.121. The van der Waals surface area contributed by atoms with Gasteiger partial charge < -0.3 is 14.5 Å². The summed E-state index contributed by atoms with van der Waals surface area (Å²) in [5.74, 6) is 0.0667. The van der Waals surface area contributed by atoms with Crippen molar-refractivity contribution in [2.24, 2.45) is 0 Å². The van der Waals surface area contributed by atoms with Gasteiger partial charge in [-0.25, -0.2) is 0 Å². The first-order valence-corrected chi connectivity index (χ1v) is 8.95. The van der Waals surface area contributed by atoms with Crippen molar-refractivity contribution in [1.82, 2.24) is 24.4 Å². The highest BCUT2D eigenvalue weighted by Gasteiger charge is 2.44. The number of carbonyl (C=O) groups is 1. The zero-order valence-electron chi connectivity index (χ0n) is 14.9. The van der Waals surface area contributed by atoms with Gasteiger partial charge in [-0.3, -0.25) is 9.20 Å². The molecular weight excluding hydrogens is 318 g/mol. The molecule has 2 aromatic heterocycles. The molecule has 2 aromatic rings. The highest BCUT2D eigenvalue weighted by molar-refractivity contribution is 5.94. The van der Waals surface area contributed by atoms with Gasteiger partial charge in [-0.15, -0.1) is 10.2 Å². The summed E-state index contributed by atoms with van der Waals surface area (Å²) in [5.41, 5.74) is 1.28. The molecule has 25 heavy (non-hydrogen) atoms. The molecule has 1 aliphatic heterocycles. The van der Waals surface area contributed by atoms with E-state index in [9.17, 15) is 4.79 Å². The fourth-order valence-electron chi connectivity index (χ4n) is 4.10. The Kier molecular flexibility index (Phi) is 4.21. The average molecular weight is 343 g/mol. The summed E-state index contributed by atoms with van der Waals surface area (Å²) in [4.78, 5) is 17.4. The highest BCUT2D eigenvalue weighted by Crippen LogP contribution is 2.37. The number of fused-ring (bicyclic) bond motifs is 1. The molecule has 0 aromatic carbocycles. The quantitative estimate of drug-likeness (QED) is 0.844. The first-order chi connectivity index (χ1) is 12.1. The van der Waals surface area contributed by atoms with Gasteiger partial charge in [0, 0.05) is 12.7 Å². The molecule has 1 spiro atoms. The Balaban J connectivity index is 1.62. The molecule has 0 bridgehead atoms. The second kappa shape index (κ2) is 6.38. The van der Waals surface area contributed by atoms with Crippen molar-refractivity contribution in [2.75, 3.05) is 33.8 Å². The number of morpholine rings is 1. The Morgan fingerprint density at radius 2 is 2.16 bits per heavy atom. The maximum Gasteiger partial charge on any atom is 0.255 e. The van der Waals surface area contributed by atoms with Crippen molar-refractivity contribution >= 4 is 11.6 Å². The Morgan fingerprint density at radius 3 is 2.92 bits per heavy atom. The van der Waals surface area contributed by atoms with E-state index in [1.807, 2.05) is 37.3 Å². The third-order valence-corrected chi connectivity index (χ3v) is 5.37. The van der Waals surface area contributed by atoms with Crippen LogP contribution in [0, 0.1) is 0 Å². The smallest absolute Gasteiger partial charge is 0.255 e. The molecular formula is C18H25N5O2. The van der Waals surface area contributed by atoms with Gasteiger partial charge in [0.1, 0.15) is 6.33 Å². The fraction of sp³-hybridized carbons (Fsp3) is 0.611. The maximum atomic E-state index is 13.3. The summed E-state index contributed by atoms with van der Waals surface area (Å²) in [5, 5.41) is 7.89. The average Bonchev–Trinajstić information content (AvgIpc) is 3.24. The molecule has 1 unspecified atom stereocenters. The van der Waals surface area contributed by atoms with E-state index in [-0.39, 0.29) is 17.6 Å². The summed E-state index contributed by atoms with van der Waals surface area (Å²) < 4.78 is 8.06. The van der Waals surface area contributed by atoms with Crippen molar-refractivity contribution in [3.05, 3.63) is 30.2 Å². The largest absolute Gasteiger partial charge is 0.371 e. The number of carbonyl (C=O) groups excluding carboxylic acids is 1. The van der Waals surface area contributed by atoms with Crippen LogP contribution in [0.1, 0.15) is 36.0 Å². The van der Waals surface area contributed by atoms with Gasteiger partial charge in [0.25, 0.3) is 5.91 Å². The van der Waals surface area contributed by atoms with Crippen LogP contribution in [0.2, 0.25) is 0 Å². The number of hydrogen-bond donors (Lipinski definition) is 0. The molecule has 1 saturated heterocycles. The van der Waals surface area contributed by atoms with E-state index in [2.05, 4.69) is 15.1 Å². The summed E-state index contributed by atoms with van der Waals surface area (Å²) in [6, 6.07) is 3.76. The summed E-state index contributed by atoms with van der Waals surface area (Å²) >= 11 is 0. The first-order valence-electron chi connectivity index (χ1n) is 8.95. The zero-order valence-corrected chi connectivity index (χ0v) is 14.9. The van der Waals surface area contributed by atoms with Crippen LogP contribution in [0.4, 0.5) is 0 Å². The molecule has 2 fully saturated rings. The third kappa shape index (κ3) is 3.14. The van der Waals surface area contributed by atoms with Crippen molar-refractivity contribution in [2.45, 2.75) is 37.3 Å². The lowest BCUT2D eigenvalue weighted by Gasteiger charge is -2.46. The van der Waals surface area contributed by atoms with Gasteiger partial charge in [-0.1, -0.05) is 12.8 Å². The Bertz CT molecular complexity index is 766. The summed E-state index contributed by atoms with van der Waals surface area (Å²) in [6.45, 7) is 2.10. The Labute approximate surface area is 147 Å². The maximum absolute atomic E-state index is 13.3. The minimum absolute atomic E-state index is 0.0667. The van der Waals surface area contributed by atoms with E-state index in [1.54, 1.807) is 10.7 Å². The number of aromatic nitrogens is 3. The van der Waals surface area contributed by atoms with Crippen molar-refractivity contribution in [3.8, 4) is 0 Å². The Hall–Kier alpha value is -1.99. The molecule has 3 heterocycles. The van der Waals surface area contributed by atoms with Crippen molar-refractivity contribution in [3.63, 3.8) is 0 Å². The molecule has 4 rings (SSSR count). The van der Waals surface area contributed by atoms with Gasteiger partial charge >= 0.3 is 0 Å². The van der Waals surface area contributed by atoms with Crippen LogP contribution in [-0.2, 0) is 4.74 Å². The van der Waals surface area contributed by atoms with Crippen LogP contribution in [0.3, 0.4) is 0 Å². The highest BCUT2D eigenvalue weighted by atomic mass is 16.5. The topological polar surface area (TPSA) is 63.0 Å². The number of nitrogens with zero attached hydrogens (tertiary/aromatic N) is 5. The van der Waals surface area contributed by atoms with Crippen LogP contribution in [0.5, 0.6) is 0 Å². The van der Waals surface area contributed by atoms with Crippen molar-refractivity contribution in [1.29, 1.82) is 0 Å². The van der Waals surface area contributed by atoms with Gasteiger partial charge in [-0.05, 0) is 39.1 Å². The van der Waals surface area contributed by atoms with Gasteiger partial charge in [0.15, 0.2) is 5.65 Å². The van der Waals surface area contributed by atoms with E-state index < -0.39 is 0 Å². The van der Waals surface area contributed by atoms with Gasteiger partial charge in [-0.2, -0.15) is 0 Å². The Morgan fingerprint density at radius 1 is 1.36 bits per heavy atom. The lowest BCUT2D eigenvalue weighted by atomic mass is 9.96. The zero-order chi connectivity index (χ0) is 17.4. The number of likely N-dealkylation sites (N-methyl/N-ethyl adjacent to an activating group) is 1. The number of hydrogen-bond acceptors (Lipinski definition) is 5. The van der Waals surface area contributed by atoms with Crippen LogP contribution in [0.25, 0.3) is 5.65 Å². The molecule has 0 radical (unpaired) electrons. The molecule has 1 saturated carbocycles. The van der Waals surface area contributed by atoms with E-state index in [0.29, 0.717) is 18.7 Å². The number of amides is 1. The second-order valence-corrected chi connectivity index (χ2v) is 7.56. The first kappa shape index (κ1) is 16.5. The molecule has 7 nitrogen and oxygen atoms in total. The number of rotatable bonds is 3. The van der Waals surface area contributed by atoms with Crippen LogP contribution in [0.15, 0.2) is 24.7 Å². The third-order valence-electron chi connectivity index (χ3n) is 5.37. The molecule has 1 amide bonds. The van der Waals surface area contributed by atoms with E-state index in [0.717, 1.165) is 25.0 Å². The molecule has 0 N–H and O–H groups in total. The monoisotopic (exact) mass is 343 g/mol. The standard InChI is InChI=1S/C18H25N5O2/c1-21(2)10-15-11-25-18(7-3-4-8-18)12-23(15)17(24)14-5-6-16-20-19-13-22(16)9-14/h5-6,9,13,15H,3-4,7-8,10-12H2,1-2H3. The molecule has 134 valence electrons. The van der Waals surface area contributed by atoms with E-state index in [1.165, 1.54) is 12.8 Å². The molecule has 1 atom stereocenters. The molecule has 1 aliphatic carbocycles. The minimum atomic E-state index is -0.140. The van der Waals surface area contributed by atoms with Gasteiger partial charge in [0.05, 0.1) is 30.4 Å². The predicted molar refractivity (Wildman–Crippen MR) is 93.5 cm³/mol. The van der Waals surface area contributed by atoms with E-state index in [4.69, 9.17) is 4.74 Å². The number of ether oxygens (including phenoxy) is 1. The normalized spacial score (nSPS) is 23.0. The fourth-order valence-corrected chi connectivity index (χ4v) is 4.10. The second-order valence-electron chi connectivity index (χ2n) is 7.56. The predicted octanol–water partition coefficient (Wildman–Crippen LogP) is 1.44. The minimum Gasteiger partial charge on any atom is -0.371 e. The van der Waals surface area contributed by atoms with Crippen molar-refractivity contribution < 1.29 is 9.53 Å².